The van der Waals surface area contributed by atoms with Gasteiger partial charge in [0.25, 0.3) is 0 Å². The van der Waals surface area contributed by atoms with Crippen LogP contribution in [0.15, 0.2) is 48.3 Å². The van der Waals surface area contributed by atoms with Crippen molar-refractivity contribution in [1.82, 2.24) is 10.3 Å². The largest absolute Gasteiger partial charge is 0.304 e. The second kappa shape index (κ2) is 4.92. The second-order valence-electron chi connectivity index (χ2n) is 7.51. The predicted molar refractivity (Wildman–Crippen MR) is 91.7 cm³/mol. The highest BCUT2D eigenvalue weighted by molar-refractivity contribution is 5.85. The lowest BCUT2D eigenvalue weighted by atomic mass is 9.65. The van der Waals surface area contributed by atoms with Gasteiger partial charge in [-0.3, -0.25) is 4.98 Å². The van der Waals surface area contributed by atoms with Crippen molar-refractivity contribution in [1.29, 1.82) is 0 Å². The zero-order chi connectivity index (χ0) is 15.3. The van der Waals surface area contributed by atoms with Crippen molar-refractivity contribution < 1.29 is 0 Å². The van der Waals surface area contributed by atoms with Gasteiger partial charge in [-0.25, -0.2) is 0 Å². The summed E-state index contributed by atoms with van der Waals surface area (Å²) in [4.78, 5) is 4.36. The minimum Gasteiger partial charge on any atom is -0.304 e. The van der Waals surface area contributed by atoms with E-state index in [1.54, 1.807) is 5.57 Å². The lowest BCUT2D eigenvalue weighted by molar-refractivity contribution is 0.110. The lowest BCUT2D eigenvalue weighted by Gasteiger charge is -2.50. The van der Waals surface area contributed by atoms with Gasteiger partial charge in [-0.15, -0.1) is 0 Å². The molecule has 0 radical (unpaired) electrons. The van der Waals surface area contributed by atoms with E-state index in [-0.39, 0.29) is 5.54 Å². The van der Waals surface area contributed by atoms with Crippen molar-refractivity contribution in [3.8, 4) is 0 Å². The highest BCUT2D eigenvalue weighted by atomic mass is 15.0. The number of hydrogen-bond acceptors (Lipinski definition) is 2. The van der Waals surface area contributed by atoms with Crippen LogP contribution in [0.25, 0.3) is 10.8 Å². The second-order valence-corrected chi connectivity index (χ2v) is 7.51. The molecule has 2 aromatic rings. The fourth-order valence-corrected chi connectivity index (χ4v) is 4.38. The van der Waals surface area contributed by atoms with E-state index >= 15 is 0 Å². The molecule has 3 atom stereocenters. The molecular weight excluding hydrogens is 268 g/mol. The summed E-state index contributed by atoms with van der Waals surface area (Å²) < 4.78 is 0. The van der Waals surface area contributed by atoms with Gasteiger partial charge in [-0.2, -0.15) is 0 Å². The summed E-state index contributed by atoms with van der Waals surface area (Å²) >= 11 is 0. The molecule has 2 bridgehead atoms. The van der Waals surface area contributed by atoms with Crippen LogP contribution in [-0.4, -0.2) is 10.5 Å². The molecule has 1 aromatic carbocycles. The first-order valence-corrected chi connectivity index (χ1v) is 8.33. The van der Waals surface area contributed by atoms with E-state index in [0.29, 0.717) is 12.0 Å². The first kappa shape index (κ1) is 14.0. The van der Waals surface area contributed by atoms with E-state index in [9.17, 15) is 0 Å². The van der Waals surface area contributed by atoms with Gasteiger partial charge < -0.3 is 5.32 Å². The van der Waals surface area contributed by atoms with Crippen LogP contribution < -0.4 is 5.32 Å². The summed E-state index contributed by atoms with van der Waals surface area (Å²) in [5.41, 5.74) is 3.13. The number of rotatable bonds is 1. The Balaban J connectivity index is 1.86. The molecule has 2 nitrogen and oxygen atoms in total. The van der Waals surface area contributed by atoms with Gasteiger partial charge in [0, 0.05) is 29.4 Å². The molecule has 1 aromatic heterocycles. The van der Waals surface area contributed by atoms with Gasteiger partial charge in [-0.05, 0) is 62.5 Å². The molecule has 1 saturated heterocycles. The van der Waals surface area contributed by atoms with E-state index in [1.807, 2.05) is 12.4 Å². The normalized spacial score (nSPS) is 30.1. The molecule has 2 heterocycles. The number of nitrogens with one attached hydrogen (secondary N) is 1. The Kier molecular flexibility index (Phi) is 3.12. The summed E-state index contributed by atoms with van der Waals surface area (Å²) in [5.74, 6) is 1.35. The average molecular weight is 292 g/mol. The Morgan fingerprint density at radius 1 is 1.23 bits per heavy atom. The van der Waals surface area contributed by atoms with E-state index in [0.717, 1.165) is 5.92 Å². The van der Waals surface area contributed by atoms with Crippen LogP contribution >= 0.6 is 0 Å². The molecule has 22 heavy (non-hydrogen) atoms. The highest BCUT2D eigenvalue weighted by Gasteiger charge is 2.44. The third kappa shape index (κ3) is 2.09. The third-order valence-electron chi connectivity index (χ3n) is 5.85. The van der Waals surface area contributed by atoms with Crippen LogP contribution in [0.2, 0.25) is 0 Å². The molecule has 1 aliphatic heterocycles. The fraction of sp³-hybridized carbons (Fsp3) is 0.450. The van der Waals surface area contributed by atoms with Gasteiger partial charge in [0.15, 0.2) is 0 Å². The van der Waals surface area contributed by atoms with Gasteiger partial charge in [0.1, 0.15) is 0 Å². The van der Waals surface area contributed by atoms with Crippen molar-refractivity contribution in [3.63, 3.8) is 0 Å². The first-order valence-electron chi connectivity index (χ1n) is 8.33. The smallest absolute Gasteiger partial charge is 0.0397 e. The molecule has 4 rings (SSSR count). The molecule has 0 spiro atoms. The van der Waals surface area contributed by atoms with Crippen LogP contribution in [0.1, 0.15) is 45.2 Å². The number of allylic oxidation sites excluding steroid dienone is 1. The van der Waals surface area contributed by atoms with E-state index < -0.39 is 0 Å². The predicted octanol–water partition coefficient (Wildman–Crippen LogP) is 4.63. The van der Waals surface area contributed by atoms with Crippen molar-refractivity contribution in [2.24, 2.45) is 11.8 Å². The molecule has 0 saturated carbocycles. The zero-order valence-electron chi connectivity index (χ0n) is 13.6. The van der Waals surface area contributed by atoms with Crippen LogP contribution in [-0.2, 0) is 0 Å². The molecule has 2 heteroatoms. The Bertz CT molecular complexity index is 739. The third-order valence-corrected chi connectivity index (χ3v) is 5.85. The van der Waals surface area contributed by atoms with E-state index in [1.165, 1.54) is 29.2 Å². The molecule has 1 N–H and O–H groups in total. The number of aromatic nitrogens is 1. The van der Waals surface area contributed by atoms with Gasteiger partial charge in [0.2, 0.25) is 0 Å². The van der Waals surface area contributed by atoms with Crippen molar-refractivity contribution >= 4 is 10.8 Å². The van der Waals surface area contributed by atoms with Crippen LogP contribution in [0.5, 0.6) is 0 Å². The number of fused-ring (bicyclic) bond motifs is 3. The van der Waals surface area contributed by atoms with E-state index in [2.05, 4.69) is 61.4 Å². The SMILES string of the molecule is CC1=CC[C@@H]2C[C@H]1[C@H](c1cccc3ccncc13)NC2(C)C. The lowest BCUT2D eigenvalue weighted by Crippen LogP contribution is -2.55. The minimum absolute atomic E-state index is 0.183. The number of nitrogens with zero attached hydrogens (tertiary/aromatic N) is 1. The van der Waals surface area contributed by atoms with Crippen molar-refractivity contribution in [2.45, 2.75) is 45.2 Å². The van der Waals surface area contributed by atoms with Gasteiger partial charge in [-0.1, -0.05) is 29.8 Å². The number of piperidine rings is 1. The van der Waals surface area contributed by atoms with Gasteiger partial charge in [0.05, 0.1) is 0 Å². The summed E-state index contributed by atoms with van der Waals surface area (Å²) in [6, 6.07) is 9.14. The van der Waals surface area contributed by atoms with Gasteiger partial charge >= 0.3 is 0 Å². The summed E-state index contributed by atoms with van der Waals surface area (Å²) in [7, 11) is 0. The topological polar surface area (TPSA) is 24.9 Å². The molecule has 0 unspecified atom stereocenters. The molecule has 2 aliphatic rings. The molecule has 114 valence electrons. The Morgan fingerprint density at radius 3 is 2.95 bits per heavy atom. The summed E-state index contributed by atoms with van der Waals surface area (Å²) in [6.45, 7) is 7.02. The summed E-state index contributed by atoms with van der Waals surface area (Å²) in [5, 5.41) is 6.54. The highest BCUT2D eigenvalue weighted by Crippen LogP contribution is 2.47. The fourth-order valence-electron chi connectivity index (χ4n) is 4.38. The molecular formula is C20H24N2. The molecule has 1 aliphatic carbocycles. The first-order chi connectivity index (χ1) is 10.6. The maximum Gasteiger partial charge on any atom is 0.0397 e. The summed E-state index contributed by atoms with van der Waals surface area (Å²) in [6.07, 6.45) is 8.88. The standard InChI is InChI=1S/C20H24N2/c1-13-7-8-15-11-17(13)19(22-20(15,2)3)16-6-4-5-14-9-10-21-12-18(14)16/h4-7,9-10,12,15,17,19,22H,8,11H2,1-3H3/t15-,17-,19+/m1/s1. The van der Waals surface area contributed by atoms with E-state index in [4.69, 9.17) is 0 Å². The Morgan fingerprint density at radius 2 is 2.09 bits per heavy atom. The maximum atomic E-state index is 4.36. The van der Waals surface area contributed by atoms with Crippen molar-refractivity contribution in [2.75, 3.05) is 0 Å². The maximum absolute atomic E-state index is 4.36. The zero-order valence-corrected chi connectivity index (χ0v) is 13.6. The average Bonchev–Trinajstić information content (AvgIpc) is 2.52. The van der Waals surface area contributed by atoms with Crippen LogP contribution in [0, 0.1) is 11.8 Å². The van der Waals surface area contributed by atoms with Crippen LogP contribution in [0.4, 0.5) is 0 Å². The monoisotopic (exact) mass is 292 g/mol. The van der Waals surface area contributed by atoms with Crippen molar-refractivity contribution in [3.05, 3.63) is 53.9 Å². The quantitative estimate of drug-likeness (QED) is 0.775. The number of hydrogen-bond donors (Lipinski definition) is 1. The molecule has 1 fully saturated rings. The number of benzene rings is 1. The Labute approximate surface area is 132 Å². The Hall–Kier alpha value is -1.67. The number of pyridine rings is 1. The molecule has 0 amide bonds. The van der Waals surface area contributed by atoms with Crippen LogP contribution in [0.3, 0.4) is 0 Å². The minimum atomic E-state index is 0.183.